The van der Waals surface area contributed by atoms with Crippen LogP contribution in [0.5, 0.6) is 0 Å². The first kappa shape index (κ1) is 35.7. The number of hydrogen-bond acceptors (Lipinski definition) is 10. The van der Waals surface area contributed by atoms with Crippen LogP contribution in [-0.4, -0.2) is 84.4 Å². The summed E-state index contributed by atoms with van der Waals surface area (Å²) >= 11 is 6.14. The number of nitrogens with one attached hydrogen (secondary N) is 1. The normalized spacial score (nSPS) is 15.4. The number of halogens is 4. The number of oxazole rings is 1. The van der Waals surface area contributed by atoms with E-state index in [-0.39, 0.29) is 72.1 Å². The Kier molecular flexibility index (Phi) is 9.21. The van der Waals surface area contributed by atoms with Crippen molar-refractivity contribution in [1.82, 2.24) is 29.0 Å². The third-order valence-electron chi connectivity index (χ3n) is 9.26. The van der Waals surface area contributed by atoms with Crippen molar-refractivity contribution in [2.45, 2.75) is 46.3 Å². The predicted molar refractivity (Wildman–Crippen MR) is 190 cm³/mol. The number of aliphatic hydroxyl groups excluding tert-OH is 1. The van der Waals surface area contributed by atoms with Gasteiger partial charge in [-0.3, -0.25) is 19.4 Å². The van der Waals surface area contributed by atoms with Crippen LogP contribution < -0.4 is 15.8 Å². The molecular weight excluding hydrogens is 719 g/mol. The molecule has 1 fully saturated rings. The average Bonchev–Trinajstić information content (AvgIpc) is 3.74. The van der Waals surface area contributed by atoms with Crippen molar-refractivity contribution in [2.24, 2.45) is 4.99 Å². The van der Waals surface area contributed by atoms with Crippen LogP contribution in [0, 0.1) is 6.92 Å². The highest BCUT2D eigenvalue weighted by molar-refractivity contribution is 6.44. The molecule has 0 aliphatic carbocycles. The van der Waals surface area contributed by atoms with Crippen LogP contribution in [0.1, 0.15) is 37.4 Å². The molecule has 0 saturated carbocycles. The number of carbonyl (C=O) groups excluding carboxylic acids is 2. The Morgan fingerprint density at radius 1 is 1.06 bits per heavy atom. The lowest BCUT2D eigenvalue weighted by molar-refractivity contribution is -0.137. The monoisotopic (exact) mass is 751 g/mol. The van der Waals surface area contributed by atoms with Gasteiger partial charge in [0.25, 0.3) is 11.5 Å². The molecule has 1 saturated heterocycles. The fourth-order valence-electron chi connectivity index (χ4n) is 6.54. The molecule has 2 amide bonds. The van der Waals surface area contributed by atoms with Crippen molar-refractivity contribution in [3.05, 3.63) is 80.3 Å². The summed E-state index contributed by atoms with van der Waals surface area (Å²) < 4.78 is 48.0. The number of fused-ring (bicyclic) bond motifs is 2. The van der Waals surface area contributed by atoms with Crippen LogP contribution >= 0.6 is 11.6 Å². The molecular formula is C35H33ClF3N9O5. The number of carbonyl (C=O) groups is 2. The molecule has 18 heteroatoms. The zero-order valence-corrected chi connectivity index (χ0v) is 29.5. The van der Waals surface area contributed by atoms with Crippen molar-refractivity contribution < 1.29 is 32.3 Å². The summed E-state index contributed by atoms with van der Waals surface area (Å²) in [6.45, 7) is 6.21. The van der Waals surface area contributed by atoms with Crippen molar-refractivity contribution in [2.75, 3.05) is 42.9 Å². The Bertz CT molecular complexity index is 2420. The lowest BCUT2D eigenvalue weighted by atomic mass is 10.1. The number of anilines is 2. The highest BCUT2D eigenvalue weighted by atomic mass is 35.5. The fraction of sp³-hybridized carbons (Fsp3) is 0.343. The van der Waals surface area contributed by atoms with Crippen molar-refractivity contribution in [1.29, 1.82) is 0 Å². The zero-order chi connectivity index (χ0) is 37.8. The van der Waals surface area contributed by atoms with E-state index in [9.17, 15) is 32.7 Å². The number of aryl methyl sites for hydroxylation is 1. The van der Waals surface area contributed by atoms with Crippen LogP contribution in [0.2, 0.25) is 5.02 Å². The topological polar surface area (TPSA) is 163 Å². The van der Waals surface area contributed by atoms with Gasteiger partial charge in [-0.1, -0.05) is 18.5 Å². The van der Waals surface area contributed by atoms with E-state index in [0.717, 1.165) is 22.7 Å². The van der Waals surface area contributed by atoms with Gasteiger partial charge in [-0.2, -0.15) is 22.7 Å². The van der Waals surface area contributed by atoms with Gasteiger partial charge in [-0.15, -0.1) is 5.10 Å². The van der Waals surface area contributed by atoms with Gasteiger partial charge in [0.2, 0.25) is 11.7 Å². The number of piperazine rings is 1. The summed E-state index contributed by atoms with van der Waals surface area (Å²) in [5, 5.41) is 17.3. The second kappa shape index (κ2) is 13.7. The van der Waals surface area contributed by atoms with Gasteiger partial charge in [-0.25, -0.2) is 4.98 Å². The maximum Gasteiger partial charge on any atom is 0.416 e. The average molecular weight is 752 g/mol. The van der Waals surface area contributed by atoms with E-state index in [2.05, 4.69) is 25.4 Å². The number of dihydropyridines is 1. The van der Waals surface area contributed by atoms with Crippen LogP contribution in [0.15, 0.2) is 61.9 Å². The third-order valence-corrected chi connectivity index (χ3v) is 9.57. The smallest absolute Gasteiger partial charge is 0.416 e. The zero-order valence-electron chi connectivity index (χ0n) is 28.8. The first-order valence-corrected chi connectivity index (χ1v) is 17.2. The number of rotatable bonds is 7. The largest absolute Gasteiger partial charge is 0.506 e. The number of amides is 2. The quantitative estimate of drug-likeness (QED) is 0.227. The van der Waals surface area contributed by atoms with E-state index >= 15 is 0 Å². The summed E-state index contributed by atoms with van der Waals surface area (Å²) in [5.74, 6) is -0.459. The Morgan fingerprint density at radius 2 is 1.81 bits per heavy atom. The van der Waals surface area contributed by atoms with Gasteiger partial charge in [0.1, 0.15) is 23.5 Å². The number of aliphatic imine (C=N–C) groups is 1. The Hall–Kier alpha value is -5.71. The van der Waals surface area contributed by atoms with Gasteiger partial charge in [0.15, 0.2) is 23.0 Å². The van der Waals surface area contributed by atoms with E-state index < -0.39 is 35.7 Å². The van der Waals surface area contributed by atoms with Gasteiger partial charge in [0, 0.05) is 45.2 Å². The van der Waals surface area contributed by atoms with Gasteiger partial charge in [0.05, 0.1) is 22.0 Å². The number of aromatic nitrogens is 5. The number of alkyl halides is 3. The summed E-state index contributed by atoms with van der Waals surface area (Å²) in [4.78, 5) is 57.9. The molecule has 2 aliphatic heterocycles. The molecule has 0 radical (unpaired) electrons. The molecule has 276 valence electrons. The molecule has 53 heavy (non-hydrogen) atoms. The number of benzene rings is 2. The highest BCUT2D eigenvalue weighted by Crippen LogP contribution is 2.34. The fourth-order valence-corrected chi connectivity index (χ4v) is 6.77. The Balaban J connectivity index is 1.26. The molecule has 3 aromatic heterocycles. The lowest BCUT2D eigenvalue weighted by Gasteiger charge is -2.37. The number of aliphatic hydroxyl groups is 1. The van der Waals surface area contributed by atoms with Crippen LogP contribution in [0.3, 0.4) is 0 Å². The highest BCUT2D eigenvalue weighted by Gasteiger charge is 2.33. The van der Waals surface area contributed by atoms with E-state index in [1.54, 1.807) is 41.5 Å². The Morgan fingerprint density at radius 3 is 2.51 bits per heavy atom. The molecule has 5 aromatic rings. The van der Waals surface area contributed by atoms with Crippen molar-refractivity contribution in [3.63, 3.8) is 0 Å². The maximum atomic E-state index is 14.3. The number of nitrogens with zero attached hydrogens (tertiary/aromatic N) is 8. The first-order chi connectivity index (χ1) is 25.2. The SMILES string of the molecule is CCc1c(N2CCN(C(=O)C3=NCCC(C)=C3O)CC2)c(=O)n2nc(-c3ccc4oc(C)nc4c3)nc2n1CC(=O)Nc1ccc(C(F)(F)F)cc1Cl. The third kappa shape index (κ3) is 6.71. The molecule has 5 heterocycles. The van der Waals surface area contributed by atoms with Crippen LogP contribution in [0.25, 0.3) is 28.3 Å². The summed E-state index contributed by atoms with van der Waals surface area (Å²) in [6.07, 6.45) is -3.78. The lowest BCUT2D eigenvalue weighted by Crippen LogP contribution is -2.52. The van der Waals surface area contributed by atoms with Gasteiger partial charge >= 0.3 is 6.18 Å². The molecule has 2 aliphatic rings. The molecule has 2 aromatic carbocycles. The second-order valence-electron chi connectivity index (χ2n) is 12.7. The van der Waals surface area contributed by atoms with E-state index in [1.807, 2.05) is 11.8 Å². The van der Waals surface area contributed by atoms with Crippen LogP contribution in [0.4, 0.5) is 24.5 Å². The van der Waals surface area contributed by atoms with Crippen LogP contribution in [-0.2, 0) is 28.7 Å². The van der Waals surface area contributed by atoms with E-state index in [4.69, 9.17) is 16.0 Å². The minimum atomic E-state index is -4.62. The maximum absolute atomic E-state index is 14.3. The minimum absolute atomic E-state index is 0.0218. The summed E-state index contributed by atoms with van der Waals surface area (Å²) in [5.41, 5.74) is 1.57. The van der Waals surface area contributed by atoms with E-state index in [1.165, 1.54) is 0 Å². The predicted octanol–water partition coefficient (Wildman–Crippen LogP) is 5.21. The number of hydrogen-bond donors (Lipinski definition) is 2. The van der Waals surface area contributed by atoms with Crippen molar-refractivity contribution in [3.8, 4) is 11.4 Å². The molecule has 0 atom stereocenters. The molecule has 0 unspecified atom stereocenters. The summed E-state index contributed by atoms with van der Waals surface area (Å²) in [6, 6.07) is 7.77. The summed E-state index contributed by atoms with van der Waals surface area (Å²) in [7, 11) is 0. The molecule has 14 nitrogen and oxygen atoms in total. The molecule has 7 rings (SSSR count). The van der Waals surface area contributed by atoms with Gasteiger partial charge < -0.3 is 29.2 Å². The standard InChI is InChI=1S/C35H33ClF3N9O5/c1-4-25-29(45-11-13-46(14-12-45)32(51)28-30(50)18(2)9-10-40-28)33(52)48-34(43-31(44-48)20-5-8-26-24(15-20)41-19(3)53-26)47(25)17-27(49)42-23-7-6-21(16-22(23)36)35(37,38)39/h5-8,15-16,50H,4,9-14,17H2,1-3H3,(H,42,49). The second-order valence-corrected chi connectivity index (χ2v) is 13.1. The molecule has 0 bridgehead atoms. The first-order valence-electron chi connectivity index (χ1n) is 16.8. The Labute approximate surface area is 304 Å². The molecule has 2 N–H and O–H groups in total. The molecule has 0 spiro atoms. The van der Waals surface area contributed by atoms with E-state index in [0.29, 0.717) is 46.8 Å². The van der Waals surface area contributed by atoms with Gasteiger partial charge in [-0.05, 0) is 61.7 Å². The minimum Gasteiger partial charge on any atom is -0.506 e. The van der Waals surface area contributed by atoms with Crippen molar-refractivity contribution >= 4 is 57.4 Å².